The lowest BCUT2D eigenvalue weighted by Gasteiger charge is -2.17. The molecule has 2 heteroatoms. The van der Waals surface area contributed by atoms with Gasteiger partial charge in [0.2, 0.25) is 5.91 Å². The molecule has 0 fully saturated rings. The maximum absolute atomic E-state index is 11.7. The second-order valence-electron chi connectivity index (χ2n) is 4.53. The molecule has 0 radical (unpaired) electrons. The molecule has 1 N–H and O–H groups in total. The number of hydrogen-bond acceptors (Lipinski definition) is 1. The number of rotatable bonds is 2. The predicted molar refractivity (Wildman–Crippen MR) is 64.6 cm³/mol. The quantitative estimate of drug-likeness (QED) is 0.785. The Labute approximate surface area is 91.0 Å². The molecule has 0 heterocycles. The van der Waals surface area contributed by atoms with Crippen LogP contribution in [0.3, 0.4) is 0 Å². The zero-order valence-corrected chi connectivity index (χ0v) is 9.50. The van der Waals surface area contributed by atoms with Gasteiger partial charge >= 0.3 is 0 Å². The number of nitrogens with one attached hydrogen (secondary N) is 1. The first-order valence-corrected chi connectivity index (χ1v) is 4.97. The first-order chi connectivity index (χ1) is 6.93. The van der Waals surface area contributed by atoms with Gasteiger partial charge in [-0.15, -0.1) is 0 Å². The third-order valence-electron chi connectivity index (χ3n) is 2.09. The summed E-state index contributed by atoms with van der Waals surface area (Å²) in [6.07, 6.45) is 1.77. The first kappa shape index (κ1) is 11.5. The highest BCUT2D eigenvalue weighted by molar-refractivity contribution is 5.94. The van der Waals surface area contributed by atoms with Gasteiger partial charge in [0, 0.05) is 11.1 Å². The van der Waals surface area contributed by atoms with Crippen LogP contribution < -0.4 is 5.32 Å². The molecule has 0 aliphatic heterocycles. The fourth-order valence-corrected chi connectivity index (χ4v) is 1.02. The number of carbonyl (C=O) groups excluding carboxylic acids is 1. The van der Waals surface area contributed by atoms with Crippen molar-refractivity contribution in [3.05, 3.63) is 36.4 Å². The molecular formula is C13H17NO. The van der Waals surface area contributed by atoms with Gasteiger partial charge in [-0.2, -0.15) is 0 Å². The van der Waals surface area contributed by atoms with Crippen molar-refractivity contribution in [1.29, 1.82) is 0 Å². The Morgan fingerprint density at radius 3 is 2.20 bits per heavy atom. The molecule has 0 saturated carbocycles. The average Bonchev–Trinajstić information content (AvgIpc) is 2.17. The summed E-state index contributed by atoms with van der Waals surface area (Å²) in [6, 6.07) is 7.60. The lowest BCUT2D eigenvalue weighted by molar-refractivity contribution is -0.123. The van der Waals surface area contributed by atoms with E-state index in [9.17, 15) is 4.79 Å². The van der Waals surface area contributed by atoms with Gasteiger partial charge in [0.05, 0.1) is 0 Å². The third-order valence-corrected chi connectivity index (χ3v) is 2.09. The van der Waals surface area contributed by atoms with Crippen LogP contribution in [0.4, 0.5) is 5.69 Å². The van der Waals surface area contributed by atoms with Crippen LogP contribution in [0.15, 0.2) is 30.8 Å². The predicted octanol–water partition coefficient (Wildman–Crippen LogP) is 3.31. The molecule has 0 aliphatic rings. The van der Waals surface area contributed by atoms with E-state index in [2.05, 4.69) is 11.9 Å². The van der Waals surface area contributed by atoms with Gasteiger partial charge in [0.25, 0.3) is 0 Å². The Morgan fingerprint density at radius 1 is 1.27 bits per heavy atom. The molecule has 0 spiro atoms. The minimum Gasteiger partial charge on any atom is -0.326 e. The van der Waals surface area contributed by atoms with Gasteiger partial charge in [-0.1, -0.05) is 45.6 Å². The second-order valence-corrected chi connectivity index (χ2v) is 4.53. The van der Waals surface area contributed by atoms with Crippen molar-refractivity contribution in [2.24, 2.45) is 5.41 Å². The van der Waals surface area contributed by atoms with Crippen LogP contribution >= 0.6 is 0 Å². The second kappa shape index (κ2) is 4.30. The summed E-state index contributed by atoms with van der Waals surface area (Å²) in [6.45, 7) is 9.34. The van der Waals surface area contributed by atoms with Gasteiger partial charge in [-0.25, -0.2) is 0 Å². The van der Waals surface area contributed by atoms with E-state index in [0.717, 1.165) is 11.3 Å². The number of hydrogen-bond donors (Lipinski definition) is 1. The van der Waals surface area contributed by atoms with Crippen molar-refractivity contribution in [3.8, 4) is 0 Å². The van der Waals surface area contributed by atoms with Crippen LogP contribution in [0.25, 0.3) is 6.08 Å². The SMILES string of the molecule is C=Cc1ccc(NC(=O)C(C)(C)C)cc1. The minimum atomic E-state index is -0.364. The zero-order chi connectivity index (χ0) is 11.5. The van der Waals surface area contributed by atoms with E-state index in [4.69, 9.17) is 0 Å². The molecule has 1 rings (SSSR count). The topological polar surface area (TPSA) is 29.1 Å². The lowest BCUT2D eigenvalue weighted by Crippen LogP contribution is -2.27. The molecule has 1 amide bonds. The molecule has 1 aromatic carbocycles. The lowest BCUT2D eigenvalue weighted by atomic mass is 9.95. The summed E-state index contributed by atoms with van der Waals surface area (Å²) in [5.41, 5.74) is 1.50. The van der Waals surface area contributed by atoms with E-state index in [1.54, 1.807) is 6.08 Å². The van der Waals surface area contributed by atoms with E-state index in [-0.39, 0.29) is 11.3 Å². The van der Waals surface area contributed by atoms with E-state index in [1.165, 1.54) is 0 Å². The smallest absolute Gasteiger partial charge is 0.229 e. The van der Waals surface area contributed by atoms with E-state index < -0.39 is 0 Å². The molecule has 0 aromatic heterocycles. The molecule has 0 saturated heterocycles. The highest BCUT2D eigenvalue weighted by Gasteiger charge is 2.20. The minimum absolute atomic E-state index is 0.0221. The van der Waals surface area contributed by atoms with Crippen molar-refractivity contribution < 1.29 is 4.79 Å². The molecule has 0 atom stereocenters. The van der Waals surface area contributed by atoms with Gasteiger partial charge in [0.1, 0.15) is 0 Å². The molecule has 0 unspecified atom stereocenters. The van der Waals surface area contributed by atoms with Crippen LogP contribution in [0.5, 0.6) is 0 Å². The highest BCUT2D eigenvalue weighted by Crippen LogP contribution is 2.17. The third kappa shape index (κ3) is 3.24. The molecule has 80 valence electrons. The summed E-state index contributed by atoms with van der Waals surface area (Å²) >= 11 is 0. The van der Waals surface area contributed by atoms with Gasteiger partial charge in [-0.3, -0.25) is 4.79 Å². The maximum Gasteiger partial charge on any atom is 0.229 e. The Balaban J connectivity index is 2.74. The van der Waals surface area contributed by atoms with E-state index in [1.807, 2.05) is 45.0 Å². The number of anilines is 1. The summed E-state index contributed by atoms with van der Waals surface area (Å²) in [7, 11) is 0. The fraction of sp³-hybridized carbons (Fsp3) is 0.308. The summed E-state index contributed by atoms with van der Waals surface area (Å²) < 4.78 is 0. The molecule has 0 bridgehead atoms. The fourth-order valence-electron chi connectivity index (χ4n) is 1.02. The molecular weight excluding hydrogens is 186 g/mol. The van der Waals surface area contributed by atoms with Gasteiger partial charge in [-0.05, 0) is 17.7 Å². The Kier molecular flexibility index (Phi) is 3.30. The summed E-state index contributed by atoms with van der Waals surface area (Å²) in [5.74, 6) is 0.0221. The average molecular weight is 203 g/mol. The summed E-state index contributed by atoms with van der Waals surface area (Å²) in [5, 5.41) is 2.86. The monoisotopic (exact) mass is 203 g/mol. The molecule has 1 aromatic rings. The zero-order valence-electron chi connectivity index (χ0n) is 9.50. The first-order valence-electron chi connectivity index (χ1n) is 4.97. The van der Waals surface area contributed by atoms with Crippen molar-refractivity contribution in [2.75, 3.05) is 5.32 Å². The van der Waals surface area contributed by atoms with Crippen molar-refractivity contribution in [1.82, 2.24) is 0 Å². The standard InChI is InChI=1S/C13H17NO/c1-5-10-6-8-11(9-7-10)14-12(15)13(2,3)4/h5-9H,1H2,2-4H3,(H,14,15). The van der Waals surface area contributed by atoms with Crippen molar-refractivity contribution in [3.63, 3.8) is 0 Å². The number of benzene rings is 1. The van der Waals surface area contributed by atoms with Gasteiger partial charge in [0.15, 0.2) is 0 Å². The molecule has 15 heavy (non-hydrogen) atoms. The maximum atomic E-state index is 11.7. The van der Waals surface area contributed by atoms with Crippen molar-refractivity contribution in [2.45, 2.75) is 20.8 Å². The van der Waals surface area contributed by atoms with Crippen molar-refractivity contribution >= 4 is 17.7 Å². The van der Waals surface area contributed by atoms with E-state index >= 15 is 0 Å². The number of amides is 1. The molecule has 0 aliphatic carbocycles. The van der Waals surface area contributed by atoms with Crippen LogP contribution in [-0.2, 0) is 4.79 Å². The van der Waals surface area contributed by atoms with Crippen LogP contribution in [0.1, 0.15) is 26.3 Å². The highest BCUT2D eigenvalue weighted by atomic mass is 16.2. The van der Waals surface area contributed by atoms with Crippen LogP contribution in [0, 0.1) is 5.41 Å². The van der Waals surface area contributed by atoms with Crippen LogP contribution in [0.2, 0.25) is 0 Å². The summed E-state index contributed by atoms with van der Waals surface area (Å²) in [4.78, 5) is 11.7. The van der Waals surface area contributed by atoms with Crippen LogP contribution in [-0.4, -0.2) is 5.91 Å². The normalized spacial score (nSPS) is 10.9. The molecule has 2 nitrogen and oxygen atoms in total. The Morgan fingerprint density at radius 2 is 1.80 bits per heavy atom. The van der Waals surface area contributed by atoms with E-state index in [0.29, 0.717) is 0 Å². The van der Waals surface area contributed by atoms with Gasteiger partial charge < -0.3 is 5.32 Å². The Hall–Kier alpha value is -1.57. The largest absolute Gasteiger partial charge is 0.326 e. The number of carbonyl (C=O) groups is 1. The Bertz CT molecular complexity index is 357.